The van der Waals surface area contributed by atoms with E-state index in [1.165, 1.54) is 36.8 Å². The molecule has 1 fully saturated rings. The molecule has 0 aliphatic heterocycles. The number of rotatable bonds is 7. The van der Waals surface area contributed by atoms with Crippen molar-refractivity contribution in [3.8, 4) is 5.75 Å². The molecular weight excluding hydrogens is 258 g/mol. The highest BCUT2D eigenvalue weighted by atomic mass is 16.5. The van der Waals surface area contributed by atoms with Crippen LogP contribution in [0.5, 0.6) is 5.75 Å². The van der Waals surface area contributed by atoms with E-state index in [0.717, 1.165) is 30.6 Å². The van der Waals surface area contributed by atoms with Crippen LogP contribution >= 0.6 is 0 Å². The largest absolute Gasteiger partial charge is 0.496 e. The molecular formula is C19H31NO. The maximum absolute atomic E-state index is 5.56. The van der Waals surface area contributed by atoms with Gasteiger partial charge in [0.05, 0.1) is 7.11 Å². The molecule has 118 valence electrons. The van der Waals surface area contributed by atoms with Gasteiger partial charge in [0.2, 0.25) is 0 Å². The van der Waals surface area contributed by atoms with E-state index in [1.54, 1.807) is 7.11 Å². The smallest absolute Gasteiger partial charge is 0.122 e. The number of hydrogen-bond donors (Lipinski definition) is 1. The van der Waals surface area contributed by atoms with Crippen molar-refractivity contribution >= 4 is 0 Å². The Morgan fingerprint density at radius 1 is 1.29 bits per heavy atom. The predicted octanol–water partition coefficient (Wildman–Crippen LogP) is 4.35. The third kappa shape index (κ3) is 4.23. The molecule has 1 saturated carbocycles. The molecule has 0 radical (unpaired) electrons. The van der Waals surface area contributed by atoms with Crippen molar-refractivity contribution in [3.05, 3.63) is 29.3 Å². The van der Waals surface area contributed by atoms with E-state index >= 15 is 0 Å². The zero-order valence-corrected chi connectivity index (χ0v) is 14.1. The normalized spacial score (nSPS) is 23.2. The molecule has 1 N–H and O–H groups in total. The quantitative estimate of drug-likeness (QED) is 0.805. The Balaban J connectivity index is 2.11. The molecule has 1 aliphatic rings. The van der Waals surface area contributed by atoms with Crippen LogP contribution in [0.15, 0.2) is 18.2 Å². The van der Waals surface area contributed by atoms with Gasteiger partial charge in [0.1, 0.15) is 5.75 Å². The van der Waals surface area contributed by atoms with Gasteiger partial charge in [-0.15, -0.1) is 0 Å². The zero-order valence-electron chi connectivity index (χ0n) is 14.1. The fourth-order valence-electron chi connectivity index (χ4n) is 3.82. The Morgan fingerprint density at radius 3 is 2.71 bits per heavy atom. The van der Waals surface area contributed by atoms with Crippen LogP contribution in [0.4, 0.5) is 0 Å². The van der Waals surface area contributed by atoms with E-state index in [-0.39, 0.29) is 0 Å². The predicted molar refractivity (Wildman–Crippen MR) is 90.0 cm³/mol. The van der Waals surface area contributed by atoms with E-state index in [2.05, 4.69) is 44.3 Å². The summed E-state index contributed by atoms with van der Waals surface area (Å²) in [7, 11) is 1.78. The second-order valence-corrected chi connectivity index (χ2v) is 6.53. The molecule has 0 heterocycles. The average Bonchev–Trinajstić information content (AvgIpc) is 2.96. The van der Waals surface area contributed by atoms with Gasteiger partial charge < -0.3 is 10.1 Å². The summed E-state index contributed by atoms with van der Waals surface area (Å²) in [5, 5.41) is 3.73. The van der Waals surface area contributed by atoms with Crippen molar-refractivity contribution < 1.29 is 4.74 Å². The molecule has 0 bridgehead atoms. The zero-order chi connectivity index (χ0) is 15.2. The van der Waals surface area contributed by atoms with Crippen LogP contribution in [-0.2, 0) is 6.42 Å². The van der Waals surface area contributed by atoms with E-state index in [9.17, 15) is 0 Å². The standard InChI is InChI=1S/C19H31NO/c1-5-15-8-9-16(12-15)18(20-6-2)13-17-11-14(3)7-10-19(17)21-4/h7,10-11,15-16,18,20H,5-6,8-9,12-13H2,1-4H3. The Hall–Kier alpha value is -1.02. The minimum Gasteiger partial charge on any atom is -0.496 e. The van der Waals surface area contributed by atoms with Gasteiger partial charge >= 0.3 is 0 Å². The third-order valence-electron chi connectivity index (χ3n) is 5.07. The average molecular weight is 289 g/mol. The van der Waals surface area contributed by atoms with Crippen molar-refractivity contribution in [2.24, 2.45) is 11.8 Å². The van der Waals surface area contributed by atoms with Crippen molar-refractivity contribution in [1.82, 2.24) is 5.32 Å². The molecule has 2 nitrogen and oxygen atoms in total. The molecule has 0 spiro atoms. The number of hydrogen-bond acceptors (Lipinski definition) is 2. The van der Waals surface area contributed by atoms with Crippen LogP contribution < -0.4 is 10.1 Å². The van der Waals surface area contributed by atoms with Crippen LogP contribution in [0.25, 0.3) is 0 Å². The Bertz CT molecular complexity index is 443. The third-order valence-corrected chi connectivity index (χ3v) is 5.07. The van der Waals surface area contributed by atoms with Gasteiger partial charge in [0.15, 0.2) is 0 Å². The minimum absolute atomic E-state index is 0.585. The first kappa shape index (κ1) is 16.4. The molecule has 1 aromatic rings. The lowest BCUT2D eigenvalue weighted by Gasteiger charge is -2.26. The number of likely N-dealkylation sites (N-methyl/N-ethyl adjacent to an activating group) is 1. The minimum atomic E-state index is 0.585. The van der Waals surface area contributed by atoms with E-state index in [1.807, 2.05) is 0 Å². The first-order chi connectivity index (χ1) is 10.2. The van der Waals surface area contributed by atoms with Crippen LogP contribution in [0, 0.1) is 18.8 Å². The lowest BCUT2D eigenvalue weighted by Crippen LogP contribution is -2.37. The molecule has 3 unspecified atom stereocenters. The molecule has 3 atom stereocenters. The first-order valence-corrected chi connectivity index (χ1v) is 8.54. The van der Waals surface area contributed by atoms with Crippen LogP contribution in [0.2, 0.25) is 0 Å². The number of methoxy groups -OCH3 is 1. The fraction of sp³-hybridized carbons (Fsp3) is 0.684. The van der Waals surface area contributed by atoms with Crippen molar-refractivity contribution in [1.29, 1.82) is 0 Å². The van der Waals surface area contributed by atoms with Gasteiger partial charge in [-0.25, -0.2) is 0 Å². The van der Waals surface area contributed by atoms with E-state index in [4.69, 9.17) is 4.74 Å². The molecule has 2 rings (SSSR count). The molecule has 0 saturated heterocycles. The van der Waals surface area contributed by atoms with Crippen LogP contribution in [0.1, 0.15) is 50.7 Å². The SMILES string of the molecule is CCNC(Cc1cc(C)ccc1OC)C1CCC(CC)C1. The molecule has 0 amide bonds. The van der Waals surface area contributed by atoms with Gasteiger partial charge in [0.25, 0.3) is 0 Å². The molecule has 21 heavy (non-hydrogen) atoms. The number of ether oxygens (including phenoxy) is 1. The monoisotopic (exact) mass is 289 g/mol. The summed E-state index contributed by atoms with van der Waals surface area (Å²) in [5.74, 6) is 2.80. The summed E-state index contributed by atoms with van der Waals surface area (Å²) < 4.78 is 5.56. The summed E-state index contributed by atoms with van der Waals surface area (Å²) >= 11 is 0. The Morgan fingerprint density at radius 2 is 2.10 bits per heavy atom. The summed E-state index contributed by atoms with van der Waals surface area (Å²) in [6.45, 7) is 7.76. The molecule has 2 heteroatoms. The van der Waals surface area contributed by atoms with Crippen molar-refractivity contribution in [2.45, 2.75) is 58.9 Å². The van der Waals surface area contributed by atoms with Gasteiger partial charge in [-0.3, -0.25) is 0 Å². The van der Waals surface area contributed by atoms with Gasteiger partial charge in [-0.1, -0.05) is 44.4 Å². The highest BCUT2D eigenvalue weighted by Gasteiger charge is 2.30. The lowest BCUT2D eigenvalue weighted by molar-refractivity contribution is 0.342. The molecule has 1 aliphatic carbocycles. The maximum Gasteiger partial charge on any atom is 0.122 e. The molecule has 1 aromatic carbocycles. The highest BCUT2D eigenvalue weighted by molar-refractivity contribution is 5.37. The van der Waals surface area contributed by atoms with Crippen LogP contribution in [-0.4, -0.2) is 19.7 Å². The van der Waals surface area contributed by atoms with Crippen LogP contribution in [0.3, 0.4) is 0 Å². The van der Waals surface area contributed by atoms with Gasteiger partial charge in [-0.05, 0) is 56.2 Å². The summed E-state index contributed by atoms with van der Waals surface area (Å²) in [4.78, 5) is 0. The molecule has 0 aromatic heterocycles. The highest BCUT2D eigenvalue weighted by Crippen LogP contribution is 2.36. The second-order valence-electron chi connectivity index (χ2n) is 6.53. The summed E-state index contributed by atoms with van der Waals surface area (Å²) in [6, 6.07) is 7.11. The number of nitrogens with one attached hydrogen (secondary N) is 1. The Labute approximate surface area is 130 Å². The van der Waals surface area contributed by atoms with E-state index < -0.39 is 0 Å². The summed E-state index contributed by atoms with van der Waals surface area (Å²) in [6.07, 6.45) is 6.60. The number of benzene rings is 1. The first-order valence-electron chi connectivity index (χ1n) is 8.54. The van der Waals surface area contributed by atoms with Crippen molar-refractivity contribution in [3.63, 3.8) is 0 Å². The summed E-state index contributed by atoms with van der Waals surface area (Å²) in [5.41, 5.74) is 2.67. The second kappa shape index (κ2) is 7.84. The number of aryl methyl sites for hydroxylation is 1. The van der Waals surface area contributed by atoms with Gasteiger partial charge in [0, 0.05) is 6.04 Å². The Kier molecular flexibility index (Phi) is 6.10. The van der Waals surface area contributed by atoms with Crippen molar-refractivity contribution in [2.75, 3.05) is 13.7 Å². The topological polar surface area (TPSA) is 21.3 Å². The van der Waals surface area contributed by atoms with Gasteiger partial charge in [-0.2, -0.15) is 0 Å². The van der Waals surface area contributed by atoms with E-state index in [0.29, 0.717) is 6.04 Å². The lowest BCUT2D eigenvalue weighted by atomic mass is 9.90. The fourth-order valence-corrected chi connectivity index (χ4v) is 3.82. The maximum atomic E-state index is 5.56.